The smallest absolute Gasteiger partial charge is 0.302 e. The number of aliphatic hydroxyl groups excluding tert-OH is 1. The molecular formula is C17H30O5. The molecule has 1 N–H and O–H groups in total. The molecule has 22 heavy (non-hydrogen) atoms. The maximum Gasteiger partial charge on any atom is 0.302 e. The second kappa shape index (κ2) is 7.28. The number of esters is 1. The van der Waals surface area contributed by atoms with Gasteiger partial charge in [-0.1, -0.05) is 20.8 Å². The number of aliphatic hydroxyl groups is 1. The van der Waals surface area contributed by atoms with Crippen molar-refractivity contribution in [3.05, 3.63) is 0 Å². The molecule has 0 saturated carbocycles. The molecule has 2 aliphatic heterocycles. The maximum absolute atomic E-state index is 11.0. The Labute approximate surface area is 133 Å². The van der Waals surface area contributed by atoms with Crippen molar-refractivity contribution < 1.29 is 24.1 Å². The summed E-state index contributed by atoms with van der Waals surface area (Å²) in [6.07, 6.45) is 3.67. The van der Waals surface area contributed by atoms with E-state index in [1.54, 1.807) is 0 Å². The van der Waals surface area contributed by atoms with Crippen molar-refractivity contribution in [2.45, 2.75) is 71.4 Å². The summed E-state index contributed by atoms with van der Waals surface area (Å²) in [7, 11) is 0. The average Bonchev–Trinajstić information content (AvgIpc) is 2.50. The van der Waals surface area contributed by atoms with Gasteiger partial charge in [-0.05, 0) is 24.7 Å². The van der Waals surface area contributed by atoms with Gasteiger partial charge in [0.15, 0.2) is 5.79 Å². The third kappa shape index (κ3) is 4.00. The van der Waals surface area contributed by atoms with Crippen molar-refractivity contribution in [3.63, 3.8) is 0 Å². The topological polar surface area (TPSA) is 65.0 Å². The molecule has 0 unspecified atom stereocenters. The van der Waals surface area contributed by atoms with Crippen LogP contribution in [0.15, 0.2) is 0 Å². The summed E-state index contributed by atoms with van der Waals surface area (Å²) in [4.78, 5) is 11.0. The molecule has 5 nitrogen and oxygen atoms in total. The summed E-state index contributed by atoms with van der Waals surface area (Å²) >= 11 is 0. The zero-order valence-electron chi connectivity index (χ0n) is 14.2. The molecule has 2 saturated heterocycles. The van der Waals surface area contributed by atoms with Crippen molar-refractivity contribution in [1.82, 2.24) is 0 Å². The van der Waals surface area contributed by atoms with Gasteiger partial charge in [0, 0.05) is 32.3 Å². The van der Waals surface area contributed by atoms with Crippen LogP contribution in [0.25, 0.3) is 0 Å². The van der Waals surface area contributed by atoms with Crippen molar-refractivity contribution in [1.29, 1.82) is 0 Å². The fraction of sp³-hybridized carbons (Fsp3) is 0.941. The normalized spacial score (nSPS) is 40.4. The third-order valence-corrected chi connectivity index (χ3v) is 5.17. The Hall–Kier alpha value is -0.650. The Bertz CT molecular complexity index is 377. The van der Waals surface area contributed by atoms with Gasteiger partial charge < -0.3 is 19.3 Å². The van der Waals surface area contributed by atoms with Crippen molar-refractivity contribution in [2.24, 2.45) is 17.8 Å². The molecular weight excluding hydrogens is 284 g/mol. The van der Waals surface area contributed by atoms with Gasteiger partial charge in [-0.2, -0.15) is 0 Å². The Morgan fingerprint density at radius 2 is 1.91 bits per heavy atom. The van der Waals surface area contributed by atoms with E-state index in [1.807, 2.05) is 6.92 Å². The zero-order chi connectivity index (χ0) is 16.3. The Balaban J connectivity index is 2.04. The molecule has 128 valence electrons. The molecule has 0 aromatic rings. The van der Waals surface area contributed by atoms with E-state index in [2.05, 4.69) is 13.8 Å². The van der Waals surface area contributed by atoms with E-state index in [-0.39, 0.29) is 37.3 Å². The fourth-order valence-electron chi connectivity index (χ4n) is 3.57. The van der Waals surface area contributed by atoms with E-state index in [1.165, 1.54) is 6.92 Å². The second-order valence-corrected chi connectivity index (χ2v) is 7.14. The van der Waals surface area contributed by atoms with Gasteiger partial charge in [-0.25, -0.2) is 0 Å². The van der Waals surface area contributed by atoms with Crippen LogP contribution in [0.2, 0.25) is 0 Å². The van der Waals surface area contributed by atoms with Gasteiger partial charge >= 0.3 is 5.97 Å². The van der Waals surface area contributed by atoms with Crippen molar-refractivity contribution >= 4 is 5.97 Å². The minimum atomic E-state index is -0.571. The molecule has 0 radical (unpaired) electrons. The van der Waals surface area contributed by atoms with Crippen LogP contribution in [0.3, 0.4) is 0 Å². The average molecular weight is 314 g/mol. The lowest BCUT2D eigenvalue weighted by molar-refractivity contribution is -0.340. The predicted molar refractivity (Wildman–Crippen MR) is 82.2 cm³/mol. The highest BCUT2D eigenvalue weighted by Gasteiger charge is 2.47. The number of carbonyl (C=O) groups excluding carboxylic acids is 1. The summed E-state index contributed by atoms with van der Waals surface area (Å²) in [5.74, 6) is 0.0181. The quantitative estimate of drug-likeness (QED) is 0.808. The van der Waals surface area contributed by atoms with E-state index >= 15 is 0 Å². The molecule has 0 amide bonds. The van der Waals surface area contributed by atoms with Crippen LogP contribution in [0.4, 0.5) is 0 Å². The highest BCUT2D eigenvalue weighted by molar-refractivity contribution is 5.65. The number of carbonyl (C=O) groups is 1. The SMILES string of the molecule is CC(=O)OC[C@@H]1O[C@@]2(CC[C@H]1C)CC[C@H](C)[C@H]([C@H](C)CO)O2. The lowest BCUT2D eigenvalue weighted by Crippen LogP contribution is -2.54. The lowest BCUT2D eigenvalue weighted by atomic mass is 9.82. The number of hydrogen-bond donors (Lipinski definition) is 1. The molecule has 0 aromatic heterocycles. The van der Waals surface area contributed by atoms with Gasteiger partial charge in [0.05, 0.1) is 12.2 Å². The maximum atomic E-state index is 11.0. The lowest BCUT2D eigenvalue weighted by Gasteiger charge is -2.50. The monoisotopic (exact) mass is 314 g/mol. The summed E-state index contributed by atoms with van der Waals surface area (Å²) in [5, 5.41) is 9.45. The van der Waals surface area contributed by atoms with Crippen LogP contribution in [0.5, 0.6) is 0 Å². The van der Waals surface area contributed by atoms with E-state index in [4.69, 9.17) is 14.2 Å². The molecule has 2 rings (SSSR count). The molecule has 0 bridgehead atoms. The van der Waals surface area contributed by atoms with Gasteiger partial charge in [0.1, 0.15) is 6.61 Å². The van der Waals surface area contributed by atoms with Crippen LogP contribution in [-0.4, -0.2) is 42.3 Å². The zero-order valence-corrected chi connectivity index (χ0v) is 14.2. The van der Waals surface area contributed by atoms with E-state index in [0.29, 0.717) is 11.8 Å². The summed E-state index contributed by atoms with van der Waals surface area (Å²) in [6.45, 7) is 8.14. The summed E-state index contributed by atoms with van der Waals surface area (Å²) < 4.78 is 17.8. The Morgan fingerprint density at radius 3 is 2.50 bits per heavy atom. The van der Waals surface area contributed by atoms with E-state index < -0.39 is 5.79 Å². The van der Waals surface area contributed by atoms with Crippen molar-refractivity contribution in [3.8, 4) is 0 Å². The van der Waals surface area contributed by atoms with E-state index in [0.717, 1.165) is 25.7 Å². The molecule has 2 aliphatic rings. The van der Waals surface area contributed by atoms with Crippen molar-refractivity contribution in [2.75, 3.05) is 13.2 Å². The first-order valence-electron chi connectivity index (χ1n) is 8.46. The molecule has 6 atom stereocenters. The Kier molecular flexibility index (Phi) is 5.86. The van der Waals surface area contributed by atoms with Crippen LogP contribution < -0.4 is 0 Å². The third-order valence-electron chi connectivity index (χ3n) is 5.17. The van der Waals surface area contributed by atoms with Crippen LogP contribution in [0.1, 0.15) is 53.4 Å². The summed E-state index contributed by atoms with van der Waals surface area (Å²) in [6, 6.07) is 0. The number of hydrogen-bond acceptors (Lipinski definition) is 5. The molecule has 2 heterocycles. The molecule has 1 spiro atoms. The Morgan fingerprint density at radius 1 is 1.27 bits per heavy atom. The fourth-order valence-corrected chi connectivity index (χ4v) is 3.57. The van der Waals surface area contributed by atoms with E-state index in [9.17, 15) is 9.90 Å². The second-order valence-electron chi connectivity index (χ2n) is 7.14. The van der Waals surface area contributed by atoms with Gasteiger partial charge in [0.25, 0.3) is 0 Å². The van der Waals surface area contributed by atoms with Gasteiger partial charge in [0.2, 0.25) is 0 Å². The van der Waals surface area contributed by atoms with Gasteiger partial charge in [-0.3, -0.25) is 4.79 Å². The van der Waals surface area contributed by atoms with Gasteiger partial charge in [-0.15, -0.1) is 0 Å². The molecule has 0 aromatic carbocycles. The molecule has 5 heteroatoms. The first-order chi connectivity index (χ1) is 10.4. The van der Waals surface area contributed by atoms with Crippen LogP contribution >= 0.6 is 0 Å². The standard InChI is InChI=1S/C17H30O5/c1-11-5-7-17(21-15(11)10-20-14(4)19)8-6-12(2)16(22-17)13(3)9-18/h11-13,15-16,18H,5-10H2,1-4H3/t11-,12+,13-,15+,16-,17-/m1/s1. The predicted octanol–water partition coefficient (Wildman–Crippen LogP) is 2.50. The van der Waals surface area contributed by atoms with Crippen LogP contribution in [-0.2, 0) is 19.0 Å². The minimum Gasteiger partial charge on any atom is -0.463 e. The number of rotatable bonds is 4. The minimum absolute atomic E-state index is 0.0153. The highest BCUT2D eigenvalue weighted by Crippen LogP contribution is 2.44. The largest absolute Gasteiger partial charge is 0.463 e. The summed E-state index contributed by atoms with van der Waals surface area (Å²) in [5.41, 5.74) is 0. The first-order valence-corrected chi connectivity index (χ1v) is 8.46. The number of ether oxygens (including phenoxy) is 3. The first kappa shape index (κ1) is 17.7. The van der Waals surface area contributed by atoms with Crippen LogP contribution in [0, 0.1) is 17.8 Å². The molecule has 2 fully saturated rings. The molecule has 0 aliphatic carbocycles. The highest BCUT2D eigenvalue weighted by atomic mass is 16.7.